The number of hydrogen-bond acceptors (Lipinski definition) is 4. The van der Waals surface area contributed by atoms with Crippen molar-refractivity contribution in [3.05, 3.63) is 50.3 Å². The van der Waals surface area contributed by atoms with Crippen molar-refractivity contribution in [1.29, 1.82) is 0 Å². The molecule has 7 heteroatoms. The molecule has 0 N–H and O–H groups in total. The highest BCUT2D eigenvalue weighted by molar-refractivity contribution is 14.1. The molecule has 0 aliphatic carbocycles. The van der Waals surface area contributed by atoms with Gasteiger partial charge in [0, 0.05) is 22.2 Å². The van der Waals surface area contributed by atoms with Crippen molar-refractivity contribution in [1.82, 2.24) is 4.57 Å². The smallest absolute Gasteiger partial charge is 0.280 e. The third-order valence-electron chi connectivity index (χ3n) is 3.93. The predicted molar refractivity (Wildman–Crippen MR) is 105 cm³/mol. The summed E-state index contributed by atoms with van der Waals surface area (Å²) in [5.41, 5.74) is 1.64. The lowest BCUT2D eigenvalue weighted by Gasteiger charge is -2.04. The summed E-state index contributed by atoms with van der Waals surface area (Å²) in [7, 11) is 0. The van der Waals surface area contributed by atoms with E-state index in [9.17, 15) is 4.79 Å². The molecule has 2 heterocycles. The number of aromatic nitrogens is 1. The molecule has 0 unspecified atom stereocenters. The molecular formula is C18H15IN2O3S. The number of amides is 1. The van der Waals surface area contributed by atoms with Crippen LogP contribution in [0.25, 0.3) is 10.2 Å². The lowest BCUT2D eigenvalue weighted by Crippen LogP contribution is -2.17. The van der Waals surface area contributed by atoms with Crippen molar-refractivity contribution in [3.8, 4) is 11.5 Å². The second-order valence-electron chi connectivity index (χ2n) is 5.61. The van der Waals surface area contributed by atoms with Gasteiger partial charge in [-0.25, -0.2) is 0 Å². The van der Waals surface area contributed by atoms with Crippen LogP contribution in [0, 0.1) is 3.57 Å². The van der Waals surface area contributed by atoms with E-state index in [1.54, 1.807) is 6.07 Å². The number of hydrogen-bond donors (Lipinski definition) is 0. The van der Waals surface area contributed by atoms with E-state index in [0.717, 1.165) is 38.3 Å². The minimum atomic E-state index is -0.221. The molecule has 0 radical (unpaired) electrons. The highest BCUT2D eigenvalue weighted by atomic mass is 127. The van der Waals surface area contributed by atoms with Gasteiger partial charge < -0.3 is 14.0 Å². The Hall–Kier alpha value is -1.87. The van der Waals surface area contributed by atoms with Crippen molar-refractivity contribution in [2.24, 2.45) is 4.99 Å². The highest BCUT2D eigenvalue weighted by Crippen LogP contribution is 2.37. The normalized spacial score (nSPS) is 13.6. The molecule has 0 fully saturated rings. The van der Waals surface area contributed by atoms with Crippen LogP contribution in [0.1, 0.15) is 23.7 Å². The predicted octanol–water partition coefficient (Wildman–Crippen LogP) is 4.19. The van der Waals surface area contributed by atoms with E-state index in [1.807, 2.05) is 30.3 Å². The average Bonchev–Trinajstić information content (AvgIpc) is 3.18. The SMILES string of the molecule is CCCn1c(=NC(=O)c2ccccc2I)sc2cc3c(cc21)OCO3. The Labute approximate surface area is 162 Å². The summed E-state index contributed by atoms with van der Waals surface area (Å²) in [6, 6.07) is 11.4. The van der Waals surface area contributed by atoms with Crippen LogP contribution in [0.5, 0.6) is 11.5 Å². The number of aryl methyl sites for hydroxylation is 1. The van der Waals surface area contributed by atoms with Gasteiger partial charge in [0.15, 0.2) is 16.3 Å². The number of nitrogens with zero attached hydrogens (tertiary/aromatic N) is 2. The molecule has 0 saturated carbocycles. The maximum atomic E-state index is 12.6. The number of halogens is 1. The number of ether oxygens (including phenoxy) is 2. The fourth-order valence-corrected chi connectivity index (χ4v) is 4.45. The molecule has 1 aliphatic heterocycles. The van der Waals surface area contributed by atoms with Crippen molar-refractivity contribution in [2.45, 2.75) is 19.9 Å². The first-order valence-electron chi connectivity index (χ1n) is 7.94. The van der Waals surface area contributed by atoms with Crippen LogP contribution in [-0.2, 0) is 6.54 Å². The van der Waals surface area contributed by atoms with Gasteiger partial charge in [0.1, 0.15) is 0 Å². The largest absolute Gasteiger partial charge is 0.454 e. The van der Waals surface area contributed by atoms with Gasteiger partial charge in [-0.2, -0.15) is 4.99 Å². The topological polar surface area (TPSA) is 52.8 Å². The molecule has 0 bridgehead atoms. The molecule has 1 amide bonds. The summed E-state index contributed by atoms with van der Waals surface area (Å²) in [4.78, 5) is 17.7. The van der Waals surface area contributed by atoms with E-state index < -0.39 is 0 Å². The second kappa shape index (κ2) is 6.80. The number of carbonyl (C=O) groups excluding carboxylic acids is 1. The highest BCUT2D eigenvalue weighted by Gasteiger charge is 2.18. The van der Waals surface area contributed by atoms with Crippen LogP contribution in [-0.4, -0.2) is 17.3 Å². The molecule has 1 aliphatic rings. The van der Waals surface area contributed by atoms with Gasteiger partial charge in [-0.3, -0.25) is 4.79 Å². The minimum Gasteiger partial charge on any atom is -0.454 e. The van der Waals surface area contributed by atoms with Crippen LogP contribution >= 0.6 is 33.9 Å². The summed E-state index contributed by atoms with van der Waals surface area (Å²) in [5, 5.41) is 0. The number of carbonyl (C=O) groups is 1. The van der Waals surface area contributed by atoms with E-state index in [2.05, 4.69) is 39.1 Å². The average molecular weight is 466 g/mol. The van der Waals surface area contributed by atoms with Crippen molar-refractivity contribution in [3.63, 3.8) is 0 Å². The van der Waals surface area contributed by atoms with Gasteiger partial charge in [-0.15, -0.1) is 0 Å². The Balaban J connectivity index is 1.87. The first-order valence-corrected chi connectivity index (χ1v) is 9.83. The lowest BCUT2D eigenvalue weighted by molar-refractivity contribution is 0.0997. The molecule has 1 aromatic heterocycles. The molecule has 0 atom stereocenters. The Kier molecular flexibility index (Phi) is 4.51. The first kappa shape index (κ1) is 16.6. The lowest BCUT2D eigenvalue weighted by atomic mass is 10.2. The van der Waals surface area contributed by atoms with Gasteiger partial charge in [0.25, 0.3) is 5.91 Å². The van der Waals surface area contributed by atoms with Gasteiger partial charge in [-0.05, 0) is 41.1 Å². The van der Waals surface area contributed by atoms with E-state index in [4.69, 9.17) is 9.47 Å². The number of rotatable bonds is 3. The fourth-order valence-electron chi connectivity index (χ4n) is 2.77. The molecule has 3 aromatic rings. The third kappa shape index (κ3) is 3.06. The molecule has 2 aromatic carbocycles. The minimum absolute atomic E-state index is 0.221. The molecule has 4 rings (SSSR count). The quantitative estimate of drug-likeness (QED) is 0.545. The van der Waals surface area contributed by atoms with Gasteiger partial charge in [0.05, 0.1) is 15.8 Å². The number of fused-ring (bicyclic) bond motifs is 2. The zero-order valence-electron chi connectivity index (χ0n) is 13.5. The van der Waals surface area contributed by atoms with Crippen LogP contribution in [0.2, 0.25) is 0 Å². The van der Waals surface area contributed by atoms with Gasteiger partial charge in [-0.1, -0.05) is 30.4 Å². The first-order chi connectivity index (χ1) is 12.2. The molecule has 0 spiro atoms. The van der Waals surface area contributed by atoms with E-state index in [-0.39, 0.29) is 12.7 Å². The van der Waals surface area contributed by atoms with Crippen LogP contribution < -0.4 is 14.3 Å². The fraction of sp³-hybridized carbons (Fsp3) is 0.222. The summed E-state index contributed by atoms with van der Waals surface area (Å²) >= 11 is 3.66. The molecule has 0 saturated heterocycles. The summed E-state index contributed by atoms with van der Waals surface area (Å²) in [6.07, 6.45) is 0.949. The van der Waals surface area contributed by atoms with Gasteiger partial charge in [0.2, 0.25) is 6.79 Å². The maximum absolute atomic E-state index is 12.6. The van der Waals surface area contributed by atoms with E-state index in [1.165, 1.54) is 11.3 Å². The van der Waals surface area contributed by atoms with Crippen LogP contribution in [0.15, 0.2) is 41.4 Å². The third-order valence-corrected chi connectivity index (χ3v) is 5.91. The Morgan fingerprint density at radius 2 is 2.04 bits per heavy atom. The monoisotopic (exact) mass is 466 g/mol. The maximum Gasteiger partial charge on any atom is 0.280 e. The number of benzene rings is 2. The Morgan fingerprint density at radius 1 is 1.28 bits per heavy atom. The number of thiazole rings is 1. The summed E-state index contributed by atoms with van der Waals surface area (Å²) < 4.78 is 15.0. The standard InChI is InChI=1S/C18H15IN2O3S/c1-2-7-21-13-8-14-15(24-10-23-14)9-16(13)25-18(21)20-17(22)11-5-3-4-6-12(11)19/h3-6,8-9H,2,7,10H2,1H3. The zero-order chi connectivity index (χ0) is 17.4. The Bertz CT molecular complexity index is 1040. The van der Waals surface area contributed by atoms with Crippen molar-refractivity contribution < 1.29 is 14.3 Å². The summed E-state index contributed by atoms with van der Waals surface area (Å²) in [6.45, 7) is 3.15. The molecule has 5 nitrogen and oxygen atoms in total. The Morgan fingerprint density at radius 3 is 2.80 bits per heavy atom. The summed E-state index contributed by atoms with van der Waals surface area (Å²) in [5.74, 6) is 1.26. The van der Waals surface area contributed by atoms with Crippen molar-refractivity contribution in [2.75, 3.05) is 6.79 Å². The van der Waals surface area contributed by atoms with Gasteiger partial charge >= 0.3 is 0 Å². The van der Waals surface area contributed by atoms with Crippen LogP contribution in [0.3, 0.4) is 0 Å². The van der Waals surface area contributed by atoms with E-state index >= 15 is 0 Å². The zero-order valence-corrected chi connectivity index (χ0v) is 16.5. The molecule has 25 heavy (non-hydrogen) atoms. The van der Waals surface area contributed by atoms with Crippen molar-refractivity contribution >= 4 is 50.1 Å². The molecular weight excluding hydrogens is 451 g/mol. The van der Waals surface area contributed by atoms with Crippen LogP contribution in [0.4, 0.5) is 0 Å². The molecule has 128 valence electrons. The van der Waals surface area contributed by atoms with E-state index in [0.29, 0.717) is 10.4 Å². The second-order valence-corrected chi connectivity index (χ2v) is 7.78.